The van der Waals surface area contributed by atoms with E-state index in [2.05, 4.69) is 23.1 Å². The van der Waals surface area contributed by atoms with Crippen LogP contribution in [0.4, 0.5) is 0 Å². The second-order valence-corrected chi connectivity index (χ2v) is 5.71. The molecule has 114 valence electrons. The highest BCUT2D eigenvalue weighted by atomic mass is 32.2. The van der Waals surface area contributed by atoms with E-state index in [1.165, 1.54) is 0 Å². The van der Waals surface area contributed by atoms with Gasteiger partial charge in [0.2, 0.25) is 0 Å². The summed E-state index contributed by atoms with van der Waals surface area (Å²) >= 11 is 1.77. The fraction of sp³-hybridized carbons (Fsp3) is 0.500. The van der Waals surface area contributed by atoms with Crippen LogP contribution in [0, 0.1) is 11.8 Å². The Morgan fingerprint density at radius 2 is 2.33 bits per heavy atom. The molecule has 1 aromatic rings. The summed E-state index contributed by atoms with van der Waals surface area (Å²) in [5.74, 6) is 6.65. The van der Waals surface area contributed by atoms with Crippen LogP contribution in [0.3, 0.4) is 0 Å². The van der Waals surface area contributed by atoms with Crippen molar-refractivity contribution in [3.63, 3.8) is 0 Å². The van der Waals surface area contributed by atoms with Gasteiger partial charge in [0.05, 0.1) is 12.2 Å². The molecule has 0 saturated heterocycles. The van der Waals surface area contributed by atoms with Gasteiger partial charge in [-0.1, -0.05) is 11.8 Å². The zero-order valence-corrected chi connectivity index (χ0v) is 13.6. The summed E-state index contributed by atoms with van der Waals surface area (Å²) in [6.07, 6.45) is 5.00. The van der Waals surface area contributed by atoms with Gasteiger partial charge in [0.15, 0.2) is 0 Å². The second-order valence-electron chi connectivity index (χ2n) is 4.72. The smallest absolute Gasteiger partial charge is 0.273 e. The van der Waals surface area contributed by atoms with Gasteiger partial charge in [-0.25, -0.2) is 4.98 Å². The summed E-state index contributed by atoms with van der Waals surface area (Å²) in [7, 11) is 1.80. The summed E-state index contributed by atoms with van der Waals surface area (Å²) in [4.78, 5) is 18.4. The number of aliphatic hydroxyl groups excluding tert-OH is 1. The van der Waals surface area contributed by atoms with Crippen molar-refractivity contribution in [1.82, 2.24) is 9.88 Å². The molecule has 1 N–H and O–H groups in total. The van der Waals surface area contributed by atoms with Crippen molar-refractivity contribution in [2.24, 2.45) is 0 Å². The van der Waals surface area contributed by atoms with Gasteiger partial charge < -0.3 is 10.0 Å². The van der Waals surface area contributed by atoms with Crippen molar-refractivity contribution in [3.8, 4) is 11.8 Å². The summed E-state index contributed by atoms with van der Waals surface area (Å²) in [6, 6.07) is 3.70. The van der Waals surface area contributed by atoms with E-state index in [-0.39, 0.29) is 18.6 Å². The number of hydrogen-bond donors (Lipinski definition) is 1. The Morgan fingerprint density at radius 3 is 3.00 bits per heavy atom. The molecule has 0 aromatic carbocycles. The van der Waals surface area contributed by atoms with E-state index in [4.69, 9.17) is 5.11 Å². The third-order valence-corrected chi connectivity index (χ3v) is 3.84. The number of pyridine rings is 1. The van der Waals surface area contributed by atoms with Gasteiger partial charge in [0.25, 0.3) is 5.91 Å². The van der Waals surface area contributed by atoms with Gasteiger partial charge in [-0.05, 0) is 37.5 Å². The Bertz CT molecular complexity index is 522. The Hall–Kier alpha value is -1.51. The Morgan fingerprint density at radius 1 is 1.57 bits per heavy atom. The quantitative estimate of drug-likeness (QED) is 0.817. The zero-order chi connectivity index (χ0) is 15.7. The first-order chi connectivity index (χ1) is 10.1. The number of thioether (sulfide) groups is 1. The lowest BCUT2D eigenvalue weighted by Gasteiger charge is -2.24. The molecule has 5 heteroatoms. The Balaban J connectivity index is 2.89. The summed E-state index contributed by atoms with van der Waals surface area (Å²) in [5.41, 5.74) is 0.987. The van der Waals surface area contributed by atoms with E-state index in [0.717, 1.165) is 12.2 Å². The lowest BCUT2D eigenvalue weighted by atomic mass is 10.1. The summed E-state index contributed by atoms with van der Waals surface area (Å²) in [6.45, 7) is 2.05. The Labute approximate surface area is 131 Å². The highest BCUT2D eigenvalue weighted by Gasteiger charge is 2.20. The van der Waals surface area contributed by atoms with Gasteiger partial charge in [-0.15, -0.1) is 0 Å². The number of carbonyl (C=O) groups is 1. The number of aromatic nitrogens is 1. The van der Waals surface area contributed by atoms with Crippen molar-refractivity contribution in [1.29, 1.82) is 0 Å². The zero-order valence-electron chi connectivity index (χ0n) is 12.8. The van der Waals surface area contributed by atoms with Crippen LogP contribution in [0.25, 0.3) is 0 Å². The number of aliphatic hydroxyl groups is 1. The fourth-order valence-corrected chi connectivity index (χ4v) is 2.32. The van der Waals surface area contributed by atoms with Crippen LogP contribution in [0.5, 0.6) is 0 Å². The van der Waals surface area contributed by atoms with Crippen LogP contribution in [0.15, 0.2) is 18.3 Å². The first kappa shape index (κ1) is 17.5. The van der Waals surface area contributed by atoms with Crippen molar-refractivity contribution >= 4 is 17.7 Å². The van der Waals surface area contributed by atoms with Crippen LogP contribution < -0.4 is 0 Å². The molecule has 1 aromatic heterocycles. The first-order valence-corrected chi connectivity index (χ1v) is 8.32. The molecule has 1 rings (SSSR count). The third-order valence-electron chi connectivity index (χ3n) is 3.19. The van der Waals surface area contributed by atoms with Crippen LogP contribution in [0.2, 0.25) is 0 Å². The topological polar surface area (TPSA) is 53.4 Å². The molecule has 1 heterocycles. The molecule has 0 saturated carbocycles. The molecule has 1 amide bonds. The van der Waals surface area contributed by atoms with Crippen molar-refractivity contribution in [2.45, 2.75) is 25.8 Å². The third kappa shape index (κ3) is 5.41. The van der Waals surface area contributed by atoms with Gasteiger partial charge >= 0.3 is 0 Å². The number of carbonyl (C=O) groups excluding carboxylic acids is 1. The molecule has 0 radical (unpaired) electrons. The van der Waals surface area contributed by atoms with Crippen LogP contribution in [-0.4, -0.2) is 52.6 Å². The SMILES string of the molecule is CSCCC(C)N(C)C(=O)c1ncccc1C#CCCO. The minimum Gasteiger partial charge on any atom is -0.395 e. The van der Waals surface area contributed by atoms with Crippen LogP contribution in [0.1, 0.15) is 35.8 Å². The summed E-state index contributed by atoms with van der Waals surface area (Å²) < 4.78 is 0. The maximum absolute atomic E-state index is 12.5. The van der Waals surface area contributed by atoms with Crippen molar-refractivity contribution in [2.75, 3.05) is 25.7 Å². The van der Waals surface area contributed by atoms with Crippen LogP contribution >= 0.6 is 11.8 Å². The minimum atomic E-state index is -0.113. The largest absolute Gasteiger partial charge is 0.395 e. The highest BCUT2D eigenvalue weighted by molar-refractivity contribution is 7.98. The fourth-order valence-electron chi connectivity index (χ4n) is 1.74. The normalized spacial score (nSPS) is 11.4. The first-order valence-electron chi connectivity index (χ1n) is 6.92. The predicted octanol–water partition coefficient (Wildman–Crippen LogP) is 2.03. The van der Waals surface area contributed by atoms with Crippen molar-refractivity contribution in [3.05, 3.63) is 29.6 Å². The van der Waals surface area contributed by atoms with Crippen LogP contribution in [-0.2, 0) is 0 Å². The number of nitrogens with zero attached hydrogens (tertiary/aromatic N) is 2. The van der Waals surface area contributed by atoms with Gasteiger partial charge in [-0.2, -0.15) is 11.8 Å². The minimum absolute atomic E-state index is 0.0160. The van der Waals surface area contributed by atoms with E-state index in [1.54, 1.807) is 42.0 Å². The highest BCUT2D eigenvalue weighted by Crippen LogP contribution is 2.12. The lowest BCUT2D eigenvalue weighted by Crippen LogP contribution is -2.36. The Kier molecular flexibility index (Phi) is 7.88. The standard InChI is InChI=1S/C16H22N2O2S/c1-13(9-12-21-3)18(2)16(20)15-14(7-4-5-11-19)8-6-10-17-15/h6,8,10,13,19H,5,9,11-12H2,1-3H3. The van der Waals surface area contributed by atoms with E-state index in [9.17, 15) is 4.79 Å². The maximum Gasteiger partial charge on any atom is 0.273 e. The predicted molar refractivity (Wildman–Crippen MR) is 87.4 cm³/mol. The molecule has 1 unspecified atom stereocenters. The maximum atomic E-state index is 12.5. The van der Waals surface area contributed by atoms with Crippen molar-refractivity contribution < 1.29 is 9.90 Å². The number of amides is 1. The molecule has 0 bridgehead atoms. The monoisotopic (exact) mass is 306 g/mol. The van der Waals surface area contributed by atoms with E-state index >= 15 is 0 Å². The molecule has 0 aliphatic heterocycles. The average molecular weight is 306 g/mol. The molecule has 4 nitrogen and oxygen atoms in total. The second kappa shape index (κ2) is 9.43. The molecular formula is C16H22N2O2S. The molecule has 0 spiro atoms. The van der Waals surface area contributed by atoms with E-state index < -0.39 is 0 Å². The molecule has 1 atom stereocenters. The van der Waals surface area contributed by atoms with E-state index in [1.807, 2.05) is 6.92 Å². The van der Waals surface area contributed by atoms with E-state index in [0.29, 0.717) is 17.7 Å². The van der Waals surface area contributed by atoms with Gasteiger partial charge in [0, 0.05) is 25.7 Å². The molecule has 0 aliphatic carbocycles. The molecule has 21 heavy (non-hydrogen) atoms. The molecule has 0 fully saturated rings. The summed E-state index contributed by atoms with van der Waals surface area (Å²) in [5, 5.41) is 8.77. The van der Waals surface area contributed by atoms with Gasteiger partial charge in [0.1, 0.15) is 5.69 Å². The lowest BCUT2D eigenvalue weighted by molar-refractivity contribution is 0.0735. The number of hydrogen-bond acceptors (Lipinski definition) is 4. The average Bonchev–Trinajstić information content (AvgIpc) is 2.52. The molecular weight excluding hydrogens is 284 g/mol. The van der Waals surface area contributed by atoms with Gasteiger partial charge in [-0.3, -0.25) is 4.79 Å². The molecule has 0 aliphatic rings. The number of rotatable bonds is 6.